The van der Waals surface area contributed by atoms with Gasteiger partial charge in [0.15, 0.2) is 0 Å². The van der Waals surface area contributed by atoms with Crippen LogP contribution in [0.15, 0.2) is 45.0 Å². The van der Waals surface area contributed by atoms with Crippen LogP contribution in [0.3, 0.4) is 0 Å². The zero-order valence-corrected chi connectivity index (χ0v) is 19.6. The lowest BCUT2D eigenvalue weighted by Gasteiger charge is -2.19. The largest absolute Gasteiger partial charge is 0.406 e. The molecule has 3 aromatic rings. The highest BCUT2D eigenvalue weighted by Crippen LogP contribution is 2.33. The van der Waals surface area contributed by atoms with Gasteiger partial charge in [-0.3, -0.25) is 4.79 Å². The SMILES string of the molecule is CC(C)(C)N/C=C(\C=N)C(=O)NCc1nc(-c2cc3c(Br)cccc3n2CC(F)(F)F)no1. The monoisotopic (exact) mass is 526 g/mol. The van der Waals surface area contributed by atoms with Gasteiger partial charge in [-0.25, -0.2) is 0 Å². The summed E-state index contributed by atoms with van der Waals surface area (Å²) in [5, 5.41) is 17.3. The van der Waals surface area contributed by atoms with Crippen LogP contribution in [0.1, 0.15) is 26.7 Å². The van der Waals surface area contributed by atoms with Crippen LogP contribution in [0.25, 0.3) is 22.4 Å². The Bertz CT molecular complexity index is 1210. The molecule has 12 heteroatoms. The van der Waals surface area contributed by atoms with Gasteiger partial charge in [-0.15, -0.1) is 0 Å². The third kappa shape index (κ3) is 6.21. The van der Waals surface area contributed by atoms with Gasteiger partial charge in [0.25, 0.3) is 5.91 Å². The summed E-state index contributed by atoms with van der Waals surface area (Å²) in [6, 6.07) is 6.49. The molecule has 0 saturated carbocycles. The second-order valence-electron chi connectivity index (χ2n) is 8.24. The molecule has 0 aliphatic heterocycles. The summed E-state index contributed by atoms with van der Waals surface area (Å²) in [7, 11) is 0. The Morgan fingerprint density at radius 1 is 1.30 bits per heavy atom. The standard InChI is InChI=1S/C21H22BrF3N6O2/c1-20(2,3)28-9-12(8-26)19(32)27-10-17-29-18(30-33-17)16-7-13-14(22)5-4-6-15(13)31(16)11-21(23,24)25/h4-9,26,28H,10-11H2,1-3H3,(H,27,32)/b12-9+,26-8?. The summed E-state index contributed by atoms with van der Waals surface area (Å²) in [4.78, 5) is 16.5. The van der Waals surface area contributed by atoms with Crippen molar-refractivity contribution in [3.05, 3.63) is 46.4 Å². The lowest BCUT2D eigenvalue weighted by molar-refractivity contribution is -0.139. The number of rotatable bonds is 7. The van der Waals surface area contributed by atoms with E-state index in [2.05, 4.69) is 36.7 Å². The van der Waals surface area contributed by atoms with Crippen LogP contribution >= 0.6 is 15.9 Å². The number of nitrogens with zero attached hydrogens (tertiary/aromatic N) is 3. The molecule has 176 valence electrons. The summed E-state index contributed by atoms with van der Waals surface area (Å²) in [5.41, 5.74) is 0.285. The Hall–Kier alpha value is -3.15. The molecule has 8 nitrogen and oxygen atoms in total. The number of halogens is 4. The molecule has 0 atom stereocenters. The molecular weight excluding hydrogens is 505 g/mol. The molecule has 1 amide bonds. The normalized spacial score (nSPS) is 12.8. The van der Waals surface area contributed by atoms with E-state index in [1.165, 1.54) is 6.20 Å². The van der Waals surface area contributed by atoms with E-state index in [1.54, 1.807) is 24.3 Å². The first kappa shape index (κ1) is 24.5. The maximum Gasteiger partial charge on any atom is 0.406 e. The first-order valence-electron chi connectivity index (χ1n) is 9.82. The minimum atomic E-state index is -4.46. The van der Waals surface area contributed by atoms with Crippen molar-refractivity contribution in [3.63, 3.8) is 0 Å². The number of hydrogen-bond donors (Lipinski definition) is 3. The van der Waals surface area contributed by atoms with Gasteiger partial charge < -0.3 is 25.1 Å². The fourth-order valence-electron chi connectivity index (χ4n) is 2.94. The lowest BCUT2D eigenvalue weighted by atomic mass is 10.1. The molecule has 0 bridgehead atoms. The van der Waals surface area contributed by atoms with Crippen LogP contribution in [-0.2, 0) is 17.9 Å². The fourth-order valence-corrected chi connectivity index (χ4v) is 3.41. The number of carbonyl (C=O) groups is 1. The van der Waals surface area contributed by atoms with E-state index in [0.717, 1.165) is 10.8 Å². The van der Waals surface area contributed by atoms with Crippen LogP contribution in [0.2, 0.25) is 0 Å². The predicted molar refractivity (Wildman–Crippen MR) is 121 cm³/mol. The smallest absolute Gasteiger partial charge is 0.386 e. The number of hydrogen-bond acceptors (Lipinski definition) is 6. The number of alkyl halides is 3. The van der Waals surface area contributed by atoms with Crippen molar-refractivity contribution < 1.29 is 22.5 Å². The van der Waals surface area contributed by atoms with Crippen molar-refractivity contribution in [1.82, 2.24) is 25.3 Å². The predicted octanol–water partition coefficient (Wildman–Crippen LogP) is 4.55. The number of carbonyl (C=O) groups excluding carboxylic acids is 1. The number of fused-ring (bicyclic) bond motifs is 1. The summed E-state index contributed by atoms with van der Waals surface area (Å²) < 4.78 is 46.5. The molecular formula is C21H22BrF3N6O2. The van der Waals surface area contributed by atoms with Crippen LogP contribution in [0, 0.1) is 5.41 Å². The molecule has 0 aliphatic carbocycles. The Morgan fingerprint density at radius 3 is 2.67 bits per heavy atom. The third-order valence-corrected chi connectivity index (χ3v) is 5.10. The van der Waals surface area contributed by atoms with Crippen LogP contribution < -0.4 is 10.6 Å². The Kier molecular flexibility index (Phi) is 6.96. The maximum absolute atomic E-state index is 13.2. The first-order chi connectivity index (χ1) is 15.4. The lowest BCUT2D eigenvalue weighted by Crippen LogP contribution is -2.33. The van der Waals surface area contributed by atoms with Gasteiger partial charge in [0, 0.05) is 27.8 Å². The molecule has 3 rings (SSSR count). The van der Waals surface area contributed by atoms with Gasteiger partial charge in [-0.1, -0.05) is 27.2 Å². The molecule has 0 spiro atoms. The second kappa shape index (κ2) is 9.38. The highest BCUT2D eigenvalue weighted by molar-refractivity contribution is 9.10. The van der Waals surface area contributed by atoms with E-state index in [1.807, 2.05) is 20.8 Å². The molecule has 0 aliphatic rings. The van der Waals surface area contributed by atoms with Crippen molar-refractivity contribution in [1.29, 1.82) is 5.41 Å². The Labute approximate surface area is 195 Å². The van der Waals surface area contributed by atoms with E-state index in [0.29, 0.717) is 15.4 Å². The highest BCUT2D eigenvalue weighted by atomic mass is 79.9. The summed E-state index contributed by atoms with van der Waals surface area (Å²) in [6.07, 6.45) is -2.13. The first-order valence-corrected chi connectivity index (χ1v) is 10.6. The molecule has 0 fully saturated rings. The Morgan fingerprint density at radius 2 is 2.03 bits per heavy atom. The zero-order chi connectivity index (χ0) is 24.4. The van der Waals surface area contributed by atoms with Gasteiger partial charge in [-0.2, -0.15) is 18.2 Å². The number of benzene rings is 1. The number of aromatic nitrogens is 3. The third-order valence-electron chi connectivity index (χ3n) is 4.41. The molecule has 0 saturated heterocycles. The zero-order valence-electron chi connectivity index (χ0n) is 18.0. The Balaban J connectivity index is 1.83. The number of amides is 1. The average molecular weight is 527 g/mol. The van der Waals surface area contributed by atoms with Crippen molar-refractivity contribution in [2.45, 2.75) is 45.6 Å². The summed E-state index contributed by atoms with van der Waals surface area (Å²) in [5.74, 6) is -0.574. The molecule has 1 aromatic carbocycles. The fraction of sp³-hybridized carbons (Fsp3) is 0.333. The van der Waals surface area contributed by atoms with E-state index >= 15 is 0 Å². The van der Waals surface area contributed by atoms with Gasteiger partial charge >= 0.3 is 6.18 Å². The molecule has 0 radical (unpaired) electrons. The maximum atomic E-state index is 13.2. The van der Waals surface area contributed by atoms with E-state index in [4.69, 9.17) is 9.93 Å². The minimum Gasteiger partial charge on any atom is -0.386 e. The van der Waals surface area contributed by atoms with Gasteiger partial charge in [-0.05, 0) is 39.0 Å². The van der Waals surface area contributed by atoms with Gasteiger partial charge in [0.1, 0.15) is 6.54 Å². The average Bonchev–Trinajstić information content (AvgIpc) is 3.30. The summed E-state index contributed by atoms with van der Waals surface area (Å²) in [6.45, 7) is 4.32. The second-order valence-corrected chi connectivity index (χ2v) is 9.09. The van der Waals surface area contributed by atoms with Crippen molar-refractivity contribution in [2.24, 2.45) is 0 Å². The number of nitrogens with one attached hydrogen (secondary N) is 3. The van der Waals surface area contributed by atoms with E-state index < -0.39 is 18.6 Å². The molecule has 0 unspecified atom stereocenters. The molecule has 33 heavy (non-hydrogen) atoms. The van der Waals surface area contributed by atoms with Crippen LogP contribution in [-0.4, -0.2) is 38.5 Å². The summed E-state index contributed by atoms with van der Waals surface area (Å²) >= 11 is 3.35. The molecule has 3 N–H and O–H groups in total. The van der Waals surface area contributed by atoms with Crippen molar-refractivity contribution >= 4 is 39.0 Å². The van der Waals surface area contributed by atoms with Gasteiger partial charge in [0.05, 0.1) is 23.3 Å². The van der Waals surface area contributed by atoms with Gasteiger partial charge in [0.2, 0.25) is 11.7 Å². The molecule has 2 aromatic heterocycles. The quantitative estimate of drug-likeness (QED) is 0.309. The van der Waals surface area contributed by atoms with Crippen LogP contribution in [0.5, 0.6) is 0 Å². The van der Waals surface area contributed by atoms with Crippen molar-refractivity contribution in [3.8, 4) is 11.5 Å². The van der Waals surface area contributed by atoms with E-state index in [9.17, 15) is 18.0 Å². The topological polar surface area (TPSA) is 109 Å². The minimum absolute atomic E-state index is 0.00865. The van der Waals surface area contributed by atoms with Crippen molar-refractivity contribution in [2.75, 3.05) is 0 Å². The van der Waals surface area contributed by atoms with E-state index in [-0.39, 0.29) is 35.1 Å². The van der Waals surface area contributed by atoms with Crippen LogP contribution in [0.4, 0.5) is 13.2 Å². The molecule has 2 heterocycles. The highest BCUT2D eigenvalue weighted by Gasteiger charge is 2.31.